The summed E-state index contributed by atoms with van der Waals surface area (Å²) in [5.41, 5.74) is 1.30. The summed E-state index contributed by atoms with van der Waals surface area (Å²) < 4.78 is 0. The number of benzene rings is 1. The number of H-pyrrole nitrogens is 1. The van der Waals surface area contributed by atoms with Gasteiger partial charge >= 0.3 is 0 Å². The van der Waals surface area contributed by atoms with Crippen molar-refractivity contribution in [3.05, 3.63) is 69.1 Å². The van der Waals surface area contributed by atoms with Gasteiger partial charge in [-0.2, -0.15) is 0 Å². The molecule has 1 amide bonds. The molecule has 0 radical (unpaired) electrons. The largest absolute Gasteiger partial charge is 0.335 e. The molecule has 1 aliphatic rings. The first-order valence-electron chi connectivity index (χ1n) is 7.88. The maximum atomic E-state index is 12.8. The molecule has 120 valence electrons. The SMILES string of the molecule is O=C(c1c[nH]c(=O)c(Cl)c1)N1CCCC[C@H]1Cc1ccccc1. The van der Waals surface area contributed by atoms with Crippen molar-refractivity contribution >= 4 is 17.5 Å². The minimum absolute atomic E-state index is 0.0486. The number of hydrogen-bond acceptors (Lipinski definition) is 2. The molecule has 1 aromatic carbocycles. The van der Waals surface area contributed by atoms with E-state index < -0.39 is 0 Å². The van der Waals surface area contributed by atoms with Crippen LogP contribution in [0.15, 0.2) is 47.4 Å². The van der Waals surface area contributed by atoms with E-state index in [1.54, 1.807) is 0 Å². The lowest BCUT2D eigenvalue weighted by Crippen LogP contribution is -2.45. The fourth-order valence-electron chi connectivity index (χ4n) is 3.11. The quantitative estimate of drug-likeness (QED) is 0.939. The van der Waals surface area contributed by atoms with E-state index >= 15 is 0 Å². The average Bonchev–Trinajstić information content (AvgIpc) is 2.58. The Morgan fingerprint density at radius 1 is 1.26 bits per heavy atom. The Kier molecular flexibility index (Phi) is 4.82. The van der Waals surface area contributed by atoms with E-state index in [4.69, 9.17) is 11.6 Å². The number of carbonyl (C=O) groups is 1. The fourth-order valence-corrected chi connectivity index (χ4v) is 3.28. The second kappa shape index (κ2) is 7.01. The van der Waals surface area contributed by atoms with E-state index in [1.807, 2.05) is 23.1 Å². The maximum Gasteiger partial charge on any atom is 0.266 e. The zero-order valence-electron chi connectivity index (χ0n) is 12.8. The Labute approximate surface area is 140 Å². The average molecular weight is 331 g/mol. The lowest BCUT2D eigenvalue weighted by atomic mass is 9.95. The first-order chi connectivity index (χ1) is 11.1. The van der Waals surface area contributed by atoms with E-state index in [9.17, 15) is 9.59 Å². The molecule has 2 aromatic rings. The molecule has 1 aromatic heterocycles. The monoisotopic (exact) mass is 330 g/mol. The van der Waals surface area contributed by atoms with Crippen LogP contribution in [0, 0.1) is 0 Å². The third kappa shape index (κ3) is 3.64. The van der Waals surface area contributed by atoms with Gasteiger partial charge in [0, 0.05) is 18.8 Å². The highest BCUT2D eigenvalue weighted by molar-refractivity contribution is 6.30. The van der Waals surface area contributed by atoms with Crippen LogP contribution in [-0.2, 0) is 6.42 Å². The van der Waals surface area contributed by atoms with Crippen molar-refractivity contribution in [2.24, 2.45) is 0 Å². The van der Waals surface area contributed by atoms with E-state index in [0.29, 0.717) is 5.56 Å². The first-order valence-corrected chi connectivity index (χ1v) is 8.26. The van der Waals surface area contributed by atoms with Gasteiger partial charge in [0.15, 0.2) is 0 Å². The number of carbonyl (C=O) groups excluding carboxylic acids is 1. The zero-order chi connectivity index (χ0) is 16.2. The highest BCUT2D eigenvalue weighted by Gasteiger charge is 2.27. The Hall–Kier alpha value is -2.07. The molecular formula is C18H19ClN2O2. The second-order valence-corrected chi connectivity index (χ2v) is 6.31. The van der Waals surface area contributed by atoms with Gasteiger partial charge in [-0.05, 0) is 37.3 Å². The van der Waals surface area contributed by atoms with Crippen LogP contribution >= 0.6 is 11.6 Å². The van der Waals surface area contributed by atoms with Gasteiger partial charge in [0.05, 0.1) is 5.56 Å². The standard InChI is InChI=1S/C18H19ClN2O2/c19-16-11-14(12-20-17(16)22)18(23)21-9-5-4-8-15(21)10-13-6-2-1-3-7-13/h1-3,6-7,11-12,15H,4-5,8-10H2,(H,20,22)/t15-/m0/s1. The Balaban J connectivity index is 1.81. The molecule has 1 aliphatic heterocycles. The molecule has 1 atom stereocenters. The summed E-state index contributed by atoms with van der Waals surface area (Å²) in [6, 6.07) is 11.9. The van der Waals surface area contributed by atoms with Gasteiger partial charge in [-0.1, -0.05) is 41.9 Å². The van der Waals surface area contributed by atoms with Gasteiger partial charge in [-0.15, -0.1) is 0 Å². The summed E-state index contributed by atoms with van der Waals surface area (Å²) in [5.74, 6) is -0.0659. The molecule has 3 rings (SSSR count). The third-order valence-corrected chi connectivity index (χ3v) is 4.59. The maximum absolute atomic E-state index is 12.8. The van der Waals surface area contributed by atoms with Crippen molar-refractivity contribution in [2.45, 2.75) is 31.7 Å². The van der Waals surface area contributed by atoms with Crippen molar-refractivity contribution in [1.29, 1.82) is 0 Å². The van der Waals surface area contributed by atoms with E-state index in [2.05, 4.69) is 17.1 Å². The molecule has 0 bridgehead atoms. The number of pyridine rings is 1. The van der Waals surface area contributed by atoms with Crippen LogP contribution in [0.2, 0.25) is 5.02 Å². The van der Waals surface area contributed by atoms with Crippen molar-refractivity contribution in [3.8, 4) is 0 Å². The summed E-state index contributed by atoms with van der Waals surface area (Å²) in [6.07, 6.45) is 5.44. The van der Waals surface area contributed by atoms with Crippen molar-refractivity contribution in [1.82, 2.24) is 9.88 Å². The number of hydrogen-bond donors (Lipinski definition) is 1. The number of aromatic amines is 1. The van der Waals surface area contributed by atoms with Gasteiger partial charge in [0.2, 0.25) is 0 Å². The number of halogens is 1. The van der Waals surface area contributed by atoms with Gasteiger partial charge < -0.3 is 9.88 Å². The predicted molar refractivity (Wildman–Crippen MR) is 90.9 cm³/mol. The topological polar surface area (TPSA) is 53.2 Å². The summed E-state index contributed by atoms with van der Waals surface area (Å²) in [7, 11) is 0. The summed E-state index contributed by atoms with van der Waals surface area (Å²) in [5, 5.41) is 0.0486. The molecule has 2 heterocycles. The number of nitrogens with one attached hydrogen (secondary N) is 1. The van der Waals surface area contributed by atoms with Crippen molar-refractivity contribution < 1.29 is 4.79 Å². The van der Waals surface area contributed by atoms with Crippen LogP contribution in [0.3, 0.4) is 0 Å². The van der Waals surface area contributed by atoms with Crippen LogP contribution in [-0.4, -0.2) is 28.4 Å². The molecule has 1 saturated heterocycles. The van der Waals surface area contributed by atoms with Crippen LogP contribution in [0.5, 0.6) is 0 Å². The molecule has 4 nitrogen and oxygen atoms in total. The second-order valence-electron chi connectivity index (χ2n) is 5.90. The smallest absolute Gasteiger partial charge is 0.266 e. The minimum Gasteiger partial charge on any atom is -0.335 e. The molecule has 0 aliphatic carbocycles. The Morgan fingerprint density at radius 2 is 2.04 bits per heavy atom. The number of piperidine rings is 1. The highest BCUT2D eigenvalue weighted by Crippen LogP contribution is 2.23. The minimum atomic E-state index is -0.373. The molecule has 0 spiro atoms. The van der Waals surface area contributed by atoms with Gasteiger partial charge in [0.25, 0.3) is 11.5 Å². The van der Waals surface area contributed by atoms with Gasteiger partial charge in [0.1, 0.15) is 5.02 Å². The van der Waals surface area contributed by atoms with E-state index in [-0.39, 0.29) is 22.5 Å². The molecule has 1 fully saturated rings. The Morgan fingerprint density at radius 3 is 2.78 bits per heavy atom. The van der Waals surface area contributed by atoms with Crippen LogP contribution in [0.25, 0.3) is 0 Å². The van der Waals surface area contributed by atoms with Crippen LogP contribution in [0.4, 0.5) is 0 Å². The predicted octanol–water partition coefficient (Wildman–Crippen LogP) is 3.27. The lowest BCUT2D eigenvalue weighted by Gasteiger charge is -2.36. The van der Waals surface area contributed by atoms with Crippen LogP contribution in [0.1, 0.15) is 35.2 Å². The highest BCUT2D eigenvalue weighted by atomic mass is 35.5. The number of likely N-dealkylation sites (tertiary alicyclic amines) is 1. The molecule has 1 N–H and O–H groups in total. The summed E-state index contributed by atoms with van der Waals surface area (Å²) in [4.78, 5) is 28.6. The molecule has 0 unspecified atom stereocenters. The van der Waals surface area contributed by atoms with Crippen molar-refractivity contribution in [2.75, 3.05) is 6.54 Å². The van der Waals surface area contributed by atoms with Gasteiger partial charge in [-0.3, -0.25) is 9.59 Å². The van der Waals surface area contributed by atoms with E-state index in [0.717, 1.165) is 32.2 Å². The lowest BCUT2D eigenvalue weighted by molar-refractivity contribution is 0.0613. The number of nitrogens with zero attached hydrogens (tertiary/aromatic N) is 1. The third-order valence-electron chi connectivity index (χ3n) is 4.31. The van der Waals surface area contributed by atoms with Gasteiger partial charge in [-0.25, -0.2) is 0 Å². The molecule has 23 heavy (non-hydrogen) atoms. The molecule has 0 saturated carbocycles. The zero-order valence-corrected chi connectivity index (χ0v) is 13.6. The Bertz CT molecular complexity index is 742. The summed E-state index contributed by atoms with van der Waals surface area (Å²) >= 11 is 5.85. The van der Waals surface area contributed by atoms with E-state index in [1.165, 1.54) is 17.8 Å². The normalized spacial score (nSPS) is 18.0. The number of aromatic nitrogens is 1. The summed E-state index contributed by atoms with van der Waals surface area (Å²) in [6.45, 7) is 0.743. The molecule has 5 heteroatoms. The number of rotatable bonds is 3. The number of amides is 1. The molecular weight excluding hydrogens is 312 g/mol. The van der Waals surface area contributed by atoms with Crippen molar-refractivity contribution in [3.63, 3.8) is 0 Å². The fraction of sp³-hybridized carbons (Fsp3) is 0.333. The van der Waals surface area contributed by atoms with Crippen LogP contribution < -0.4 is 5.56 Å². The first kappa shape index (κ1) is 15.8.